The lowest BCUT2D eigenvalue weighted by atomic mass is 9.97. The smallest absolute Gasteiger partial charge is 0.119 e. The molecule has 1 aromatic carbocycles. The van der Waals surface area contributed by atoms with E-state index < -0.39 is 0 Å². The highest BCUT2D eigenvalue weighted by atomic mass is 32.2. The maximum absolute atomic E-state index is 9.90. The number of benzene rings is 1. The van der Waals surface area contributed by atoms with Gasteiger partial charge >= 0.3 is 0 Å². The topological polar surface area (TPSA) is 29.5 Å². The number of ether oxygens (including phenoxy) is 1. The van der Waals surface area contributed by atoms with Crippen LogP contribution < -0.4 is 4.74 Å². The summed E-state index contributed by atoms with van der Waals surface area (Å²) in [5.74, 6) is 0.885. The van der Waals surface area contributed by atoms with Crippen molar-refractivity contribution in [3.8, 4) is 5.75 Å². The lowest BCUT2D eigenvalue weighted by Crippen LogP contribution is -2.26. The zero-order chi connectivity index (χ0) is 11.4. The molecule has 1 aliphatic carbocycles. The summed E-state index contributed by atoms with van der Waals surface area (Å²) >= 11 is 1.77. The molecule has 2 atom stereocenters. The fourth-order valence-electron chi connectivity index (χ4n) is 2.06. The monoisotopic (exact) mass is 238 g/mol. The van der Waals surface area contributed by atoms with Gasteiger partial charge in [-0.05, 0) is 31.0 Å². The van der Waals surface area contributed by atoms with E-state index in [1.807, 2.05) is 18.2 Å². The molecule has 0 heterocycles. The number of rotatable bonds is 3. The molecule has 0 bridgehead atoms. The molecule has 0 radical (unpaired) electrons. The van der Waals surface area contributed by atoms with Gasteiger partial charge < -0.3 is 9.84 Å². The van der Waals surface area contributed by atoms with E-state index in [2.05, 4.69) is 6.07 Å². The van der Waals surface area contributed by atoms with Crippen LogP contribution in [0.3, 0.4) is 0 Å². The van der Waals surface area contributed by atoms with Gasteiger partial charge in [0, 0.05) is 10.1 Å². The Kier molecular flexibility index (Phi) is 4.13. The van der Waals surface area contributed by atoms with Gasteiger partial charge in [-0.2, -0.15) is 0 Å². The van der Waals surface area contributed by atoms with Crippen molar-refractivity contribution in [1.82, 2.24) is 0 Å². The van der Waals surface area contributed by atoms with Crippen LogP contribution in [0.4, 0.5) is 0 Å². The summed E-state index contributed by atoms with van der Waals surface area (Å²) in [6.45, 7) is 0. The lowest BCUT2D eigenvalue weighted by molar-refractivity contribution is 0.137. The van der Waals surface area contributed by atoms with Crippen molar-refractivity contribution < 1.29 is 9.84 Å². The molecule has 0 aliphatic heterocycles. The molecule has 0 spiro atoms. The number of aliphatic hydroxyl groups is 1. The van der Waals surface area contributed by atoms with Gasteiger partial charge in [-0.25, -0.2) is 0 Å². The van der Waals surface area contributed by atoms with E-state index in [-0.39, 0.29) is 6.10 Å². The van der Waals surface area contributed by atoms with E-state index in [0.717, 1.165) is 25.0 Å². The molecule has 0 amide bonds. The Morgan fingerprint density at radius 1 is 1.31 bits per heavy atom. The zero-order valence-corrected chi connectivity index (χ0v) is 10.4. The van der Waals surface area contributed by atoms with Crippen molar-refractivity contribution in [3.05, 3.63) is 24.3 Å². The molecular formula is C13H18O2S. The van der Waals surface area contributed by atoms with Gasteiger partial charge in [0.15, 0.2) is 0 Å². The van der Waals surface area contributed by atoms with E-state index in [1.165, 1.54) is 11.3 Å². The Labute approximate surface area is 101 Å². The summed E-state index contributed by atoms with van der Waals surface area (Å²) in [6.07, 6.45) is 4.31. The van der Waals surface area contributed by atoms with Crippen LogP contribution in [0.5, 0.6) is 5.75 Å². The average molecular weight is 238 g/mol. The van der Waals surface area contributed by atoms with Crippen LogP contribution in [0.25, 0.3) is 0 Å². The quantitative estimate of drug-likeness (QED) is 0.877. The van der Waals surface area contributed by atoms with Crippen LogP contribution >= 0.6 is 11.8 Å². The lowest BCUT2D eigenvalue weighted by Gasteiger charge is -2.26. The second kappa shape index (κ2) is 5.60. The van der Waals surface area contributed by atoms with Crippen molar-refractivity contribution in [2.75, 3.05) is 7.11 Å². The minimum Gasteiger partial charge on any atom is -0.497 e. The Morgan fingerprint density at radius 2 is 2.12 bits per heavy atom. The SMILES string of the molecule is COc1cccc(S[C@H]2CCCC[C@@H]2O)c1. The molecule has 0 unspecified atom stereocenters. The maximum Gasteiger partial charge on any atom is 0.119 e. The van der Waals surface area contributed by atoms with E-state index >= 15 is 0 Å². The highest BCUT2D eigenvalue weighted by Crippen LogP contribution is 2.34. The molecule has 1 aromatic rings. The standard InChI is InChI=1S/C13H18O2S/c1-15-10-5-4-6-11(9-10)16-13-8-3-2-7-12(13)14/h4-6,9,12-14H,2-3,7-8H2,1H3/t12-,13-/m0/s1. The van der Waals surface area contributed by atoms with Crippen LogP contribution in [0.15, 0.2) is 29.2 Å². The molecule has 0 aromatic heterocycles. The van der Waals surface area contributed by atoms with Crippen molar-refractivity contribution in [3.63, 3.8) is 0 Å². The molecule has 1 fully saturated rings. The van der Waals surface area contributed by atoms with Crippen LogP contribution in [-0.4, -0.2) is 23.6 Å². The first-order valence-electron chi connectivity index (χ1n) is 5.78. The fraction of sp³-hybridized carbons (Fsp3) is 0.538. The van der Waals surface area contributed by atoms with Gasteiger partial charge in [-0.1, -0.05) is 18.9 Å². The minimum atomic E-state index is -0.148. The van der Waals surface area contributed by atoms with E-state index in [4.69, 9.17) is 4.74 Å². The minimum absolute atomic E-state index is 0.148. The third kappa shape index (κ3) is 2.92. The normalized spacial score (nSPS) is 25.4. The van der Waals surface area contributed by atoms with E-state index in [0.29, 0.717) is 5.25 Å². The molecule has 2 nitrogen and oxygen atoms in total. The van der Waals surface area contributed by atoms with Gasteiger partial charge in [-0.15, -0.1) is 11.8 Å². The zero-order valence-electron chi connectivity index (χ0n) is 9.56. The summed E-state index contributed by atoms with van der Waals surface area (Å²) in [7, 11) is 1.68. The van der Waals surface area contributed by atoms with Crippen molar-refractivity contribution in [1.29, 1.82) is 0 Å². The Balaban J connectivity index is 2.01. The summed E-state index contributed by atoms with van der Waals surface area (Å²) in [4.78, 5) is 1.19. The summed E-state index contributed by atoms with van der Waals surface area (Å²) < 4.78 is 5.20. The van der Waals surface area contributed by atoms with Crippen molar-refractivity contribution >= 4 is 11.8 Å². The van der Waals surface area contributed by atoms with Crippen LogP contribution in [0.1, 0.15) is 25.7 Å². The third-order valence-electron chi connectivity index (χ3n) is 3.00. The molecular weight excluding hydrogens is 220 g/mol. The number of methoxy groups -OCH3 is 1. The molecule has 1 N–H and O–H groups in total. The highest BCUT2D eigenvalue weighted by Gasteiger charge is 2.23. The molecule has 0 saturated heterocycles. The van der Waals surface area contributed by atoms with Gasteiger partial charge in [0.2, 0.25) is 0 Å². The van der Waals surface area contributed by atoms with Gasteiger partial charge in [0.25, 0.3) is 0 Å². The molecule has 3 heteroatoms. The second-order valence-electron chi connectivity index (χ2n) is 4.19. The molecule has 1 saturated carbocycles. The van der Waals surface area contributed by atoms with Crippen molar-refractivity contribution in [2.45, 2.75) is 41.9 Å². The predicted molar refractivity (Wildman–Crippen MR) is 67.1 cm³/mol. The van der Waals surface area contributed by atoms with Crippen LogP contribution in [-0.2, 0) is 0 Å². The number of thioether (sulfide) groups is 1. The summed E-state index contributed by atoms with van der Waals surface area (Å²) in [5.41, 5.74) is 0. The van der Waals surface area contributed by atoms with Crippen LogP contribution in [0.2, 0.25) is 0 Å². The van der Waals surface area contributed by atoms with Crippen molar-refractivity contribution in [2.24, 2.45) is 0 Å². The molecule has 88 valence electrons. The van der Waals surface area contributed by atoms with E-state index in [1.54, 1.807) is 18.9 Å². The Hall–Kier alpha value is -0.670. The average Bonchev–Trinajstić information content (AvgIpc) is 2.32. The van der Waals surface area contributed by atoms with Gasteiger partial charge in [0.1, 0.15) is 5.75 Å². The van der Waals surface area contributed by atoms with Crippen LogP contribution in [0, 0.1) is 0 Å². The first-order valence-corrected chi connectivity index (χ1v) is 6.66. The summed E-state index contributed by atoms with van der Waals surface area (Å²) in [5, 5.41) is 10.3. The first-order chi connectivity index (χ1) is 7.79. The second-order valence-corrected chi connectivity index (χ2v) is 5.50. The molecule has 1 aliphatic rings. The van der Waals surface area contributed by atoms with Gasteiger partial charge in [-0.3, -0.25) is 0 Å². The van der Waals surface area contributed by atoms with E-state index in [9.17, 15) is 5.11 Å². The molecule has 2 rings (SSSR count). The fourth-order valence-corrected chi connectivity index (χ4v) is 3.33. The Morgan fingerprint density at radius 3 is 2.88 bits per heavy atom. The highest BCUT2D eigenvalue weighted by molar-refractivity contribution is 8.00. The van der Waals surface area contributed by atoms with Gasteiger partial charge in [0.05, 0.1) is 13.2 Å². The third-order valence-corrected chi connectivity index (χ3v) is 4.38. The Bertz CT molecular complexity index is 340. The summed E-state index contributed by atoms with van der Waals surface area (Å²) in [6, 6.07) is 8.05. The predicted octanol–water partition coefficient (Wildman–Crippen LogP) is 3.09. The number of hydrogen-bond acceptors (Lipinski definition) is 3. The number of aliphatic hydroxyl groups excluding tert-OH is 1. The first kappa shape index (κ1) is 11.8. The number of hydrogen-bond donors (Lipinski definition) is 1. The molecule has 16 heavy (non-hydrogen) atoms. The maximum atomic E-state index is 9.90. The largest absolute Gasteiger partial charge is 0.497 e.